The number of hydrogen-bond donors (Lipinski definition) is 1. The summed E-state index contributed by atoms with van der Waals surface area (Å²) in [6.45, 7) is 6.34. The zero-order valence-electron chi connectivity index (χ0n) is 12.2. The first-order chi connectivity index (χ1) is 8.79. The van der Waals surface area contributed by atoms with Crippen LogP contribution in [0, 0.1) is 13.8 Å². The quantitative estimate of drug-likeness (QED) is 0.768. The van der Waals surface area contributed by atoms with Crippen LogP contribution in [0.1, 0.15) is 11.1 Å². The van der Waals surface area contributed by atoms with Gasteiger partial charge in [-0.2, -0.15) is 0 Å². The van der Waals surface area contributed by atoms with Gasteiger partial charge < -0.3 is 10.2 Å². The Morgan fingerprint density at radius 1 is 1.21 bits per heavy atom. The normalized spacial score (nSPS) is 11.6. The minimum atomic E-state index is -2.86. The van der Waals surface area contributed by atoms with E-state index in [4.69, 9.17) is 0 Å². The number of nitrogens with one attached hydrogen (secondary N) is 1. The Hall–Kier alpha value is -1.07. The summed E-state index contributed by atoms with van der Waals surface area (Å²) in [6, 6.07) is 6.40. The second-order valence-corrected chi connectivity index (χ2v) is 7.35. The topological polar surface area (TPSA) is 49.4 Å². The van der Waals surface area contributed by atoms with Crippen molar-refractivity contribution in [1.82, 2.24) is 5.32 Å². The van der Waals surface area contributed by atoms with E-state index in [1.165, 1.54) is 23.1 Å². The van der Waals surface area contributed by atoms with Gasteiger partial charge in [-0.05, 0) is 25.5 Å². The van der Waals surface area contributed by atoms with E-state index >= 15 is 0 Å². The maximum atomic E-state index is 11.0. The molecule has 0 spiro atoms. The Bertz CT molecular complexity index is 512. The summed E-state index contributed by atoms with van der Waals surface area (Å²) >= 11 is 0. The van der Waals surface area contributed by atoms with Gasteiger partial charge in [0.1, 0.15) is 9.84 Å². The van der Waals surface area contributed by atoms with Gasteiger partial charge in [0.05, 0.1) is 5.75 Å². The fourth-order valence-electron chi connectivity index (χ4n) is 1.98. The minimum absolute atomic E-state index is 0.195. The molecule has 0 fully saturated rings. The molecule has 0 bridgehead atoms. The van der Waals surface area contributed by atoms with Crippen molar-refractivity contribution in [3.8, 4) is 0 Å². The Morgan fingerprint density at radius 3 is 2.47 bits per heavy atom. The van der Waals surface area contributed by atoms with Gasteiger partial charge in [0.2, 0.25) is 0 Å². The van der Waals surface area contributed by atoms with Crippen molar-refractivity contribution in [2.24, 2.45) is 0 Å². The lowest BCUT2D eigenvalue weighted by molar-refractivity contribution is 0.596. The number of hydrogen-bond acceptors (Lipinski definition) is 4. The number of nitrogens with zero attached hydrogens (tertiary/aromatic N) is 1. The van der Waals surface area contributed by atoms with Gasteiger partial charge in [-0.3, -0.25) is 0 Å². The molecule has 1 aromatic rings. The summed E-state index contributed by atoms with van der Waals surface area (Å²) in [5, 5.41) is 3.15. The number of rotatable bonds is 7. The highest BCUT2D eigenvalue weighted by molar-refractivity contribution is 7.90. The van der Waals surface area contributed by atoms with Crippen LogP contribution in [-0.2, 0) is 9.84 Å². The summed E-state index contributed by atoms with van der Waals surface area (Å²) in [5.41, 5.74) is 3.75. The number of anilines is 1. The second kappa shape index (κ2) is 6.91. The smallest absolute Gasteiger partial charge is 0.148 e. The number of benzene rings is 1. The number of sulfone groups is 1. The summed E-state index contributed by atoms with van der Waals surface area (Å²) in [7, 11) is -0.813. The zero-order valence-corrected chi connectivity index (χ0v) is 13.0. The minimum Gasteiger partial charge on any atom is -0.373 e. The number of likely N-dealkylation sites (N-methyl/N-ethyl adjacent to an activating group) is 1. The van der Waals surface area contributed by atoms with Gasteiger partial charge in [-0.25, -0.2) is 8.42 Å². The lowest BCUT2D eigenvalue weighted by Crippen LogP contribution is -2.32. The Balaban J connectivity index is 2.37. The molecule has 1 aromatic carbocycles. The van der Waals surface area contributed by atoms with E-state index in [-0.39, 0.29) is 5.75 Å². The molecule has 0 saturated heterocycles. The standard InChI is InChI=1S/C14H24N2O2S/c1-12-5-6-14(13(2)11-12)16(3)9-7-15-8-10-19(4,17)18/h5-6,11,15H,7-10H2,1-4H3. The van der Waals surface area contributed by atoms with Gasteiger partial charge >= 0.3 is 0 Å². The molecule has 0 aromatic heterocycles. The molecule has 0 amide bonds. The van der Waals surface area contributed by atoms with Crippen molar-refractivity contribution in [1.29, 1.82) is 0 Å². The molecule has 0 atom stereocenters. The average Bonchev–Trinajstić information content (AvgIpc) is 2.26. The monoisotopic (exact) mass is 284 g/mol. The van der Waals surface area contributed by atoms with E-state index in [9.17, 15) is 8.42 Å². The van der Waals surface area contributed by atoms with Crippen LogP contribution in [0.2, 0.25) is 0 Å². The van der Waals surface area contributed by atoms with Gasteiger partial charge in [0.25, 0.3) is 0 Å². The SMILES string of the molecule is Cc1ccc(N(C)CCNCCS(C)(=O)=O)c(C)c1. The fourth-order valence-corrected chi connectivity index (χ4v) is 2.50. The molecule has 5 heteroatoms. The maximum absolute atomic E-state index is 11.0. The number of aryl methyl sites for hydroxylation is 2. The van der Waals surface area contributed by atoms with Crippen LogP contribution < -0.4 is 10.2 Å². The summed E-state index contributed by atoms with van der Waals surface area (Å²) in [5.74, 6) is 0.195. The van der Waals surface area contributed by atoms with Crippen molar-refractivity contribution in [2.75, 3.05) is 43.6 Å². The molecule has 0 radical (unpaired) electrons. The first kappa shape index (κ1) is 16.0. The van der Waals surface area contributed by atoms with E-state index in [1.54, 1.807) is 0 Å². The molecule has 19 heavy (non-hydrogen) atoms. The van der Waals surface area contributed by atoms with Gasteiger partial charge in [-0.1, -0.05) is 17.7 Å². The molecule has 4 nitrogen and oxygen atoms in total. The van der Waals surface area contributed by atoms with Gasteiger partial charge in [0.15, 0.2) is 0 Å². The van der Waals surface area contributed by atoms with Crippen molar-refractivity contribution in [3.63, 3.8) is 0 Å². The summed E-state index contributed by atoms with van der Waals surface area (Å²) < 4.78 is 22.0. The Labute approximate surface area is 116 Å². The third-order valence-electron chi connectivity index (χ3n) is 3.04. The van der Waals surface area contributed by atoms with Crippen LogP contribution in [0.25, 0.3) is 0 Å². The highest BCUT2D eigenvalue weighted by Crippen LogP contribution is 2.19. The molecular formula is C14H24N2O2S. The van der Waals surface area contributed by atoms with Crippen LogP contribution in [-0.4, -0.2) is 47.1 Å². The molecule has 1 rings (SSSR count). The summed E-state index contributed by atoms with van der Waals surface area (Å²) in [4.78, 5) is 2.18. The lowest BCUT2D eigenvalue weighted by atomic mass is 10.1. The predicted octanol–water partition coefficient (Wildman–Crippen LogP) is 1.37. The van der Waals surface area contributed by atoms with Crippen molar-refractivity contribution >= 4 is 15.5 Å². The predicted molar refractivity (Wildman–Crippen MR) is 81.8 cm³/mol. The Morgan fingerprint density at radius 2 is 1.89 bits per heavy atom. The van der Waals surface area contributed by atoms with E-state index in [2.05, 4.69) is 49.3 Å². The van der Waals surface area contributed by atoms with Crippen LogP contribution in [0.4, 0.5) is 5.69 Å². The van der Waals surface area contributed by atoms with Crippen LogP contribution in [0.5, 0.6) is 0 Å². The molecular weight excluding hydrogens is 260 g/mol. The van der Waals surface area contributed by atoms with Crippen molar-refractivity contribution in [2.45, 2.75) is 13.8 Å². The fraction of sp³-hybridized carbons (Fsp3) is 0.571. The van der Waals surface area contributed by atoms with Crippen LogP contribution >= 0.6 is 0 Å². The van der Waals surface area contributed by atoms with Crippen LogP contribution in [0.3, 0.4) is 0 Å². The largest absolute Gasteiger partial charge is 0.373 e. The maximum Gasteiger partial charge on any atom is 0.148 e. The molecule has 0 saturated carbocycles. The first-order valence-electron chi connectivity index (χ1n) is 6.46. The third-order valence-corrected chi connectivity index (χ3v) is 3.98. The van der Waals surface area contributed by atoms with E-state index in [1.807, 2.05) is 0 Å². The third kappa shape index (κ3) is 6.07. The van der Waals surface area contributed by atoms with Crippen molar-refractivity contribution < 1.29 is 8.42 Å². The van der Waals surface area contributed by atoms with Crippen molar-refractivity contribution in [3.05, 3.63) is 29.3 Å². The molecule has 0 aliphatic rings. The van der Waals surface area contributed by atoms with Gasteiger partial charge in [-0.15, -0.1) is 0 Å². The Kier molecular flexibility index (Phi) is 5.82. The van der Waals surface area contributed by atoms with E-state index in [0.29, 0.717) is 6.54 Å². The molecule has 0 aliphatic carbocycles. The summed E-state index contributed by atoms with van der Waals surface area (Å²) in [6.07, 6.45) is 1.26. The van der Waals surface area contributed by atoms with Gasteiger partial charge in [0, 0.05) is 38.6 Å². The molecule has 1 N–H and O–H groups in total. The molecule has 0 heterocycles. The zero-order chi connectivity index (χ0) is 14.5. The second-order valence-electron chi connectivity index (χ2n) is 5.09. The highest BCUT2D eigenvalue weighted by atomic mass is 32.2. The first-order valence-corrected chi connectivity index (χ1v) is 8.52. The van der Waals surface area contributed by atoms with Crippen LogP contribution in [0.15, 0.2) is 18.2 Å². The van der Waals surface area contributed by atoms with E-state index < -0.39 is 9.84 Å². The average molecular weight is 284 g/mol. The molecule has 0 unspecified atom stereocenters. The highest BCUT2D eigenvalue weighted by Gasteiger charge is 2.05. The molecule has 0 aliphatic heterocycles. The lowest BCUT2D eigenvalue weighted by Gasteiger charge is -2.22. The molecule has 108 valence electrons. The van der Waals surface area contributed by atoms with E-state index in [0.717, 1.165) is 13.1 Å².